The summed E-state index contributed by atoms with van der Waals surface area (Å²) in [4.78, 5) is 4.10. The van der Waals surface area contributed by atoms with Gasteiger partial charge in [-0.2, -0.15) is 5.26 Å². The van der Waals surface area contributed by atoms with Crippen LogP contribution in [0.3, 0.4) is 0 Å². The van der Waals surface area contributed by atoms with E-state index < -0.39 is 18.3 Å². The van der Waals surface area contributed by atoms with E-state index in [4.69, 9.17) is 20.3 Å². The van der Waals surface area contributed by atoms with Crippen molar-refractivity contribution in [3.63, 3.8) is 0 Å². The Labute approximate surface area is 120 Å². The second-order valence-corrected chi connectivity index (χ2v) is 6.18. The van der Waals surface area contributed by atoms with E-state index in [1.54, 1.807) is 12.3 Å². The number of nitrogens with zero attached hydrogens (tertiary/aromatic N) is 2. The zero-order valence-corrected chi connectivity index (χ0v) is 12.6. The van der Waals surface area contributed by atoms with E-state index >= 15 is 0 Å². The predicted molar refractivity (Wildman–Crippen MR) is 78.4 cm³/mol. The molecule has 106 valence electrons. The molecule has 1 saturated heterocycles. The molecule has 0 aliphatic carbocycles. The van der Waals surface area contributed by atoms with Gasteiger partial charge in [-0.15, -0.1) is 0 Å². The van der Waals surface area contributed by atoms with Crippen molar-refractivity contribution in [3.8, 4) is 6.07 Å². The average Bonchev–Trinajstić information content (AvgIpc) is 2.57. The fourth-order valence-electron chi connectivity index (χ4n) is 2.11. The predicted octanol–water partition coefficient (Wildman–Crippen LogP) is 1.59. The van der Waals surface area contributed by atoms with Gasteiger partial charge in [-0.05, 0) is 46.2 Å². The third-order valence-corrected chi connectivity index (χ3v) is 4.16. The van der Waals surface area contributed by atoms with Crippen molar-refractivity contribution < 1.29 is 9.31 Å². The van der Waals surface area contributed by atoms with Gasteiger partial charge in [0.05, 0.1) is 23.2 Å². The Kier molecular flexibility index (Phi) is 3.53. The van der Waals surface area contributed by atoms with Crippen LogP contribution in [0.25, 0.3) is 0 Å². The highest BCUT2D eigenvalue weighted by molar-refractivity contribution is 6.62. The highest BCUT2D eigenvalue weighted by Gasteiger charge is 2.52. The maximum Gasteiger partial charge on any atom is 0.496 e. The highest BCUT2D eigenvalue weighted by atomic mass is 16.7. The number of nitrogens with two attached hydrogens (primary N) is 1. The van der Waals surface area contributed by atoms with Crippen molar-refractivity contribution in [1.29, 1.82) is 5.26 Å². The van der Waals surface area contributed by atoms with E-state index in [1.165, 1.54) is 0 Å². The van der Waals surface area contributed by atoms with Crippen LogP contribution in [0.15, 0.2) is 12.3 Å². The molecule has 0 radical (unpaired) electrons. The molecule has 0 saturated carbocycles. The fraction of sp³-hybridized carbons (Fsp3) is 0.571. The SMILES string of the molecule is CC(C#N)c1cc(N)ncc1B1OC(C)(C)C(C)(C)O1. The van der Waals surface area contributed by atoms with Gasteiger partial charge in [0.25, 0.3) is 0 Å². The summed E-state index contributed by atoms with van der Waals surface area (Å²) in [5, 5.41) is 9.16. The highest BCUT2D eigenvalue weighted by Crippen LogP contribution is 2.37. The lowest BCUT2D eigenvalue weighted by molar-refractivity contribution is 0.00578. The first-order valence-electron chi connectivity index (χ1n) is 6.68. The minimum absolute atomic E-state index is 0.297. The molecular weight excluding hydrogens is 253 g/mol. The van der Waals surface area contributed by atoms with Gasteiger partial charge in [-0.25, -0.2) is 4.98 Å². The first-order chi connectivity index (χ1) is 9.18. The molecule has 2 rings (SSSR count). The van der Waals surface area contributed by atoms with Crippen LogP contribution in [-0.2, 0) is 9.31 Å². The molecule has 1 atom stereocenters. The average molecular weight is 273 g/mol. The Balaban J connectivity index is 2.43. The third-order valence-electron chi connectivity index (χ3n) is 4.16. The van der Waals surface area contributed by atoms with Gasteiger partial charge >= 0.3 is 7.12 Å². The monoisotopic (exact) mass is 273 g/mol. The molecule has 0 amide bonds. The molecule has 0 aromatic carbocycles. The third kappa shape index (κ3) is 2.39. The normalized spacial score (nSPS) is 21.5. The first-order valence-corrected chi connectivity index (χ1v) is 6.68. The molecule has 2 heterocycles. The van der Waals surface area contributed by atoms with Gasteiger partial charge in [0.1, 0.15) is 5.82 Å². The summed E-state index contributed by atoms with van der Waals surface area (Å²) in [6.07, 6.45) is 1.64. The zero-order valence-electron chi connectivity index (χ0n) is 12.6. The summed E-state index contributed by atoms with van der Waals surface area (Å²) in [6.45, 7) is 9.79. The molecule has 1 aliphatic heterocycles. The number of nitriles is 1. The minimum Gasteiger partial charge on any atom is -0.399 e. The van der Waals surface area contributed by atoms with Crippen LogP contribution in [0.1, 0.15) is 46.1 Å². The topological polar surface area (TPSA) is 81.2 Å². The van der Waals surface area contributed by atoms with Crippen molar-refractivity contribution in [1.82, 2.24) is 4.98 Å². The van der Waals surface area contributed by atoms with Crippen LogP contribution in [0.2, 0.25) is 0 Å². The Morgan fingerprint density at radius 3 is 2.35 bits per heavy atom. The summed E-state index contributed by atoms with van der Waals surface area (Å²) in [7, 11) is -0.529. The van der Waals surface area contributed by atoms with Gasteiger partial charge in [-0.1, -0.05) is 0 Å². The van der Waals surface area contributed by atoms with Gasteiger partial charge in [-0.3, -0.25) is 0 Å². The smallest absolute Gasteiger partial charge is 0.399 e. The quantitative estimate of drug-likeness (QED) is 0.827. The number of aromatic nitrogens is 1. The van der Waals surface area contributed by atoms with E-state index in [0.29, 0.717) is 5.82 Å². The van der Waals surface area contributed by atoms with Gasteiger partial charge in [0.2, 0.25) is 0 Å². The second kappa shape index (κ2) is 4.76. The number of rotatable bonds is 2. The van der Waals surface area contributed by atoms with Crippen molar-refractivity contribution in [2.24, 2.45) is 0 Å². The van der Waals surface area contributed by atoms with Crippen molar-refractivity contribution >= 4 is 18.4 Å². The molecule has 2 N–H and O–H groups in total. The van der Waals surface area contributed by atoms with E-state index in [9.17, 15) is 0 Å². The molecule has 20 heavy (non-hydrogen) atoms. The molecule has 1 fully saturated rings. The Morgan fingerprint density at radius 2 is 1.85 bits per heavy atom. The van der Waals surface area contributed by atoms with Crippen LogP contribution in [0, 0.1) is 11.3 Å². The standard InChI is InChI=1S/C14H20BN3O2/c1-9(7-16)10-6-12(17)18-8-11(10)15-19-13(2,3)14(4,5)20-15/h6,8-9H,1-5H3,(H2,17,18). The van der Waals surface area contributed by atoms with E-state index in [2.05, 4.69) is 11.1 Å². The van der Waals surface area contributed by atoms with Crippen molar-refractivity contribution in [2.45, 2.75) is 51.7 Å². The van der Waals surface area contributed by atoms with Gasteiger partial charge in [0, 0.05) is 11.7 Å². The number of pyridine rings is 1. The summed E-state index contributed by atoms with van der Waals surface area (Å²) >= 11 is 0. The van der Waals surface area contributed by atoms with Crippen LogP contribution in [0.4, 0.5) is 5.82 Å². The molecule has 0 spiro atoms. The Morgan fingerprint density at radius 1 is 1.30 bits per heavy atom. The zero-order chi connectivity index (χ0) is 15.1. The van der Waals surface area contributed by atoms with E-state index in [0.717, 1.165) is 11.0 Å². The molecule has 1 aromatic heterocycles. The molecule has 1 aliphatic rings. The second-order valence-electron chi connectivity index (χ2n) is 6.18. The lowest BCUT2D eigenvalue weighted by Gasteiger charge is -2.32. The number of anilines is 1. The Hall–Kier alpha value is -1.58. The number of nitrogen functional groups attached to an aromatic ring is 1. The molecule has 6 heteroatoms. The Bertz CT molecular complexity index is 550. The largest absolute Gasteiger partial charge is 0.496 e. The lowest BCUT2D eigenvalue weighted by Crippen LogP contribution is -2.41. The lowest BCUT2D eigenvalue weighted by atomic mass is 9.74. The molecular formula is C14H20BN3O2. The summed E-state index contributed by atoms with van der Waals surface area (Å²) in [5.41, 5.74) is 6.45. The first kappa shape index (κ1) is 14.8. The van der Waals surface area contributed by atoms with Crippen molar-refractivity contribution in [2.75, 3.05) is 5.73 Å². The number of hydrogen-bond acceptors (Lipinski definition) is 5. The van der Waals surface area contributed by atoms with Crippen LogP contribution < -0.4 is 11.2 Å². The molecule has 5 nitrogen and oxygen atoms in total. The molecule has 1 unspecified atom stereocenters. The van der Waals surface area contributed by atoms with Crippen molar-refractivity contribution in [3.05, 3.63) is 17.8 Å². The van der Waals surface area contributed by atoms with Crippen LogP contribution >= 0.6 is 0 Å². The van der Waals surface area contributed by atoms with Gasteiger partial charge < -0.3 is 15.0 Å². The van der Waals surface area contributed by atoms with E-state index in [-0.39, 0.29) is 5.92 Å². The van der Waals surface area contributed by atoms with Gasteiger partial charge in [0.15, 0.2) is 0 Å². The number of hydrogen-bond donors (Lipinski definition) is 1. The summed E-state index contributed by atoms with van der Waals surface area (Å²) in [5.74, 6) is 0.0942. The summed E-state index contributed by atoms with van der Waals surface area (Å²) < 4.78 is 12.0. The maximum atomic E-state index is 9.16. The van der Waals surface area contributed by atoms with Crippen LogP contribution in [-0.4, -0.2) is 23.3 Å². The maximum absolute atomic E-state index is 9.16. The van der Waals surface area contributed by atoms with E-state index in [1.807, 2.05) is 34.6 Å². The van der Waals surface area contributed by atoms with Crippen LogP contribution in [0.5, 0.6) is 0 Å². The molecule has 0 bridgehead atoms. The molecule has 1 aromatic rings. The fourth-order valence-corrected chi connectivity index (χ4v) is 2.11. The summed E-state index contributed by atoms with van der Waals surface area (Å²) in [6, 6.07) is 3.94. The minimum atomic E-state index is -0.529.